The number of benzene rings is 2. The summed E-state index contributed by atoms with van der Waals surface area (Å²) in [6, 6.07) is 14.0. The average molecular weight is 447 g/mol. The number of aliphatic hydroxyl groups excluding tert-OH is 4. The third kappa shape index (κ3) is 5.31. The van der Waals surface area contributed by atoms with E-state index in [2.05, 4.69) is 12.1 Å². The third-order valence-electron chi connectivity index (χ3n) is 6.52. The van der Waals surface area contributed by atoms with Gasteiger partial charge in [0.05, 0.1) is 12.7 Å². The summed E-state index contributed by atoms with van der Waals surface area (Å²) in [7, 11) is 0. The minimum absolute atomic E-state index is 0. The van der Waals surface area contributed by atoms with E-state index in [1.165, 1.54) is 12.8 Å². The highest BCUT2D eigenvalue weighted by molar-refractivity contribution is 5.38. The first-order valence-electron chi connectivity index (χ1n) is 11.1. The summed E-state index contributed by atoms with van der Waals surface area (Å²) < 4.78 is 11.8. The molecule has 6 N–H and O–H groups in total. The number of hydrogen-bond acceptors (Lipinski definition) is 6. The molecule has 7 heteroatoms. The van der Waals surface area contributed by atoms with Gasteiger partial charge >= 0.3 is 0 Å². The molecule has 2 aliphatic rings. The van der Waals surface area contributed by atoms with E-state index in [1.807, 2.05) is 37.3 Å². The van der Waals surface area contributed by atoms with Gasteiger partial charge in [-0.1, -0.05) is 30.3 Å². The molecule has 0 spiro atoms. The second kappa shape index (κ2) is 10.7. The van der Waals surface area contributed by atoms with Gasteiger partial charge in [0.1, 0.15) is 36.3 Å². The van der Waals surface area contributed by atoms with Crippen LogP contribution < -0.4 is 4.74 Å². The predicted octanol–water partition coefficient (Wildman–Crippen LogP) is 1.60. The third-order valence-corrected chi connectivity index (χ3v) is 6.52. The molecule has 1 saturated carbocycles. The molecule has 5 atom stereocenters. The zero-order valence-corrected chi connectivity index (χ0v) is 18.4. The quantitative estimate of drug-likeness (QED) is 0.533. The van der Waals surface area contributed by atoms with Gasteiger partial charge in [0.15, 0.2) is 0 Å². The largest absolute Gasteiger partial charge is 0.490 e. The Balaban J connectivity index is 0.00000289. The molecule has 2 aromatic rings. The molecule has 0 amide bonds. The van der Waals surface area contributed by atoms with Crippen molar-refractivity contribution in [1.82, 2.24) is 0 Å². The van der Waals surface area contributed by atoms with E-state index < -0.39 is 37.1 Å². The van der Waals surface area contributed by atoms with Crippen molar-refractivity contribution in [3.63, 3.8) is 0 Å². The van der Waals surface area contributed by atoms with Crippen LogP contribution in [0.15, 0.2) is 42.5 Å². The fourth-order valence-corrected chi connectivity index (χ4v) is 4.54. The van der Waals surface area contributed by atoms with E-state index in [-0.39, 0.29) is 5.48 Å². The van der Waals surface area contributed by atoms with Crippen LogP contribution in [0.3, 0.4) is 0 Å². The summed E-state index contributed by atoms with van der Waals surface area (Å²) >= 11 is 0. The molecule has 2 fully saturated rings. The second-order valence-electron chi connectivity index (χ2n) is 8.78. The Hall–Kier alpha value is -2.00. The molecule has 176 valence electrons. The van der Waals surface area contributed by atoms with Gasteiger partial charge in [0.25, 0.3) is 0 Å². The molecule has 0 bridgehead atoms. The van der Waals surface area contributed by atoms with E-state index in [0.717, 1.165) is 35.3 Å². The van der Waals surface area contributed by atoms with E-state index >= 15 is 0 Å². The standard InChI is InChI=1S/C25H32O6.H2O/c1-15-6-9-17(25-24(29)23(28)22(27)21(14-26)31-25)13-18(15)12-16-7-10-20(11-8-16)30-19-4-2-3-5-19;/h6-11,13,19,21-29H,2-5,12,14H2,1H3;1H2/t21-,22-,23+,24-,25+;/m1./s1. The van der Waals surface area contributed by atoms with Crippen LogP contribution in [0, 0.1) is 6.92 Å². The average Bonchev–Trinajstić information content (AvgIpc) is 3.28. The van der Waals surface area contributed by atoms with Crippen molar-refractivity contribution in [2.75, 3.05) is 6.61 Å². The maximum absolute atomic E-state index is 10.4. The molecule has 1 aliphatic carbocycles. The lowest BCUT2D eigenvalue weighted by atomic mass is 9.89. The van der Waals surface area contributed by atoms with E-state index in [1.54, 1.807) is 0 Å². The Morgan fingerprint density at radius 1 is 0.938 bits per heavy atom. The lowest BCUT2D eigenvalue weighted by Gasteiger charge is -2.40. The molecule has 2 aromatic carbocycles. The van der Waals surface area contributed by atoms with Crippen LogP contribution in [-0.4, -0.2) is 63.0 Å². The summed E-state index contributed by atoms with van der Waals surface area (Å²) in [5.74, 6) is 0.905. The van der Waals surface area contributed by atoms with Gasteiger partial charge in [0.2, 0.25) is 0 Å². The van der Waals surface area contributed by atoms with Crippen LogP contribution in [-0.2, 0) is 11.2 Å². The summed E-state index contributed by atoms with van der Waals surface area (Å²) in [5.41, 5.74) is 4.05. The normalized spacial score (nSPS) is 28.3. The van der Waals surface area contributed by atoms with Gasteiger partial charge in [-0.25, -0.2) is 0 Å². The van der Waals surface area contributed by atoms with E-state index in [9.17, 15) is 20.4 Å². The zero-order chi connectivity index (χ0) is 22.0. The zero-order valence-electron chi connectivity index (χ0n) is 18.4. The summed E-state index contributed by atoms with van der Waals surface area (Å²) in [6.07, 6.45) is 0.0400. The Morgan fingerprint density at radius 2 is 1.62 bits per heavy atom. The van der Waals surface area contributed by atoms with Crippen LogP contribution in [0.25, 0.3) is 0 Å². The Bertz CT molecular complexity index is 861. The molecule has 1 heterocycles. The molecule has 7 nitrogen and oxygen atoms in total. The van der Waals surface area contributed by atoms with Crippen molar-refractivity contribution in [2.24, 2.45) is 0 Å². The fraction of sp³-hybridized carbons (Fsp3) is 0.520. The monoisotopic (exact) mass is 446 g/mol. The number of aryl methyl sites for hydroxylation is 1. The van der Waals surface area contributed by atoms with Crippen molar-refractivity contribution in [2.45, 2.75) is 75.7 Å². The van der Waals surface area contributed by atoms with Crippen molar-refractivity contribution >= 4 is 0 Å². The SMILES string of the molecule is Cc1ccc([C@@H]2O[C@H](CO)[C@@H](O)[C@H](O)[C@H]2O)cc1Cc1ccc(OC2CCCC2)cc1.O. The van der Waals surface area contributed by atoms with Crippen molar-refractivity contribution in [3.8, 4) is 5.75 Å². The van der Waals surface area contributed by atoms with Crippen molar-refractivity contribution in [1.29, 1.82) is 0 Å². The Labute approximate surface area is 188 Å². The molecule has 0 aromatic heterocycles. The van der Waals surface area contributed by atoms with Gasteiger partial charge in [-0.2, -0.15) is 0 Å². The topological polar surface area (TPSA) is 131 Å². The molecule has 0 radical (unpaired) electrons. The molecule has 32 heavy (non-hydrogen) atoms. The highest BCUT2D eigenvalue weighted by Gasteiger charge is 2.43. The first-order valence-corrected chi connectivity index (χ1v) is 11.1. The van der Waals surface area contributed by atoms with Gasteiger partial charge < -0.3 is 35.4 Å². The minimum Gasteiger partial charge on any atom is -0.490 e. The molecule has 0 unspecified atom stereocenters. The summed E-state index contributed by atoms with van der Waals surface area (Å²) in [4.78, 5) is 0. The number of hydrogen-bond donors (Lipinski definition) is 4. The van der Waals surface area contributed by atoms with Crippen LogP contribution in [0.4, 0.5) is 0 Å². The van der Waals surface area contributed by atoms with E-state index in [4.69, 9.17) is 9.47 Å². The number of aliphatic hydroxyl groups is 4. The first-order chi connectivity index (χ1) is 15.0. The van der Waals surface area contributed by atoms with E-state index in [0.29, 0.717) is 18.1 Å². The first kappa shape index (κ1) is 24.6. The van der Waals surface area contributed by atoms with Gasteiger partial charge in [-0.15, -0.1) is 0 Å². The van der Waals surface area contributed by atoms with Crippen LogP contribution in [0.1, 0.15) is 54.0 Å². The Kier molecular flexibility index (Phi) is 8.27. The second-order valence-corrected chi connectivity index (χ2v) is 8.78. The molecular formula is C25H34O7. The van der Waals surface area contributed by atoms with Crippen LogP contribution >= 0.6 is 0 Å². The van der Waals surface area contributed by atoms with Crippen molar-refractivity contribution in [3.05, 3.63) is 64.7 Å². The number of ether oxygens (including phenoxy) is 2. The molecule has 4 rings (SSSR count). The molecular weight excluding hydrogens is 412 g/mol. The van der Waals surface area contributed by atoms with Crippen LogP contribution in [0.2, 0.25) is 0 Å². The lowest BCUT2D eigenvalue weighted by Crippen LogP contribution is -2.55. The summed E-state index contributed by atoms with van der Waals surface area (Å²) in [6.45, 7) is 1.60. The maximum Gasteiger partial charge on any atom is 0.119 e. The Morgan fingerprint density at radius 3 is 2.28 bits per heavy atom. The predicted molar refractivity (Wildman–Crippen MR) is 120 cm³/mol. The smallest absolute Gasteiger partial charge is 0.119 e. The van der Waals surface area contributed by atoms with Gasteiger partial charge in [-0.3, -0.25) is 0 Å². The van der Waals surface area contributed by atoms with Crippen molar-refractivity contribution < 1.29 is 35.4 Å². The highest BCUT2D eigenvalue weighted by Crippen LogP contribution is 2.33. The highest BCUT2D eigenvalue weighted by atomic mass is 16.5. The maximum atomic E-state index is 10.4. The van der Waals surface area contributed by atoms with Gasteiger partial charge in [0, 0.05) is 0 Å². The molecule has 1 aliphatic heterocycles. The lowest BCUT2D eigenvalue weighted by molar-refractivity contribution is -0.231. The summed E-state index contributed by atoms with van der Waals surface area (Å²) in [5, 5.41) is 40.0. The fourth-order valence-electron chi connectivity index (χ4n) is 4.54. The minimum atomic E-state index is -1.38. The van der Waals surface area contributed by atoms with Gasteiger partial charge in [-0.05, 0) is 73.4 Å². The molecule has 1 saturated heterocycles. The number of rotatable bonds is 6. The van der Waals surface area contributed by atoms with Crippen LogP contribution in [0.5, 0.6) is 5.75 Å².